The van der Waals surface area contributed by atoms with Crippen LogP contribution in [-0.2, 0) is 0 Å². The topological polar surface area (TPSA) is 45.2 Å². The van der Waals surface area contributed by atoms with E-state index >= 15 is 0 Å². The molecule has 3 aliphatic rings. The molecule has 2 unspecified atom stereocenters. The van der Waals surface area contributed by atoms with E-state index in [0.717, 1.165) is 30.8 Å². The zero-order chi connectivity index (χ0) is 11.1. The smallest absolute Gasteiger partial charge is 0.256 e. The summed E-state index contributed by atoms with van der Waals surface area (Å²) in [5, 5.41) is 5.32. The van der Waals surface area contributed by atoms with Crippen molar-refractivity contribution in [2.45, 2.75) is 31.8 Å². The summed E-state index contributed by atoms with van der Waals surface area (Å²) in [5.41, 5.74) is 1.65. The summed E-state index contributed by atoms with van der Waals surface area (Å²) in [4.78, 5) is 14.4. The summed E-state index contributed by atoms with van der Waals surface area (Å²) in [6, 6.07) is 0.887. The monoisotopic (exact) mass is 237 g/mol. The first-order valence-corrected chi connectivity index (χ1v) is 6.54. The Kier molecular flexibility index (Phi) is 2.44. The Morgan fingerprint density at radius 2 is 2.50 bits per heavy atom. The van der Waals surface area contributed by atoms with Gasteiger partial charge in [0, 0.05) is 30.6 Å². The summed E-state index contributed by atoms with van der Waals surface area (Å²) in [6.07, 6.45) is 2.34. The number of nitrogens with zero attached hydrogens (tertiary/aromatic N) is 2. The Bertz CT molecular complexity index is 409. The van der Waals surface area contributed by atoms with Gasteiger partial charge in [0.25, 0.3) is 5.91 Å². The van der Waals surface area contributed by atoms with Crippen molar-refractivity contribution in [3.05, 3.63) is 16.6 Å². The molecule has 5 heteroatoms. The van der Waals surface area contributed by atoms with E-state index in [2.05, 4.69) is 9.69 Å². The van der Waals surface area contributed by atoms with E-state index in [1.165, 1.54) is 18.0 Å². The molecule has 4 rings (SSSR count). The van der Waals surface area contributed by atoms with Gasteiger partial charge in [-0.3, -0.25) is 4.79 Å². The number of aromatic nitrogens is 1. The number of fused-ring (bicyclic) bond motifs is 3. The maximum Gasteiger partial charge on any atom is 0.256 e. The number of nitrogens with one attached hydrogen (secondary N) is 1. The highest BCUT2D eigenvalue weighted by molar-refractivity contribution is 7.03. The molecule has 1 aromatic rings. The molecule has 16 heavy (non-hydrogen) atoms. The number of hydrogen-bond acceptors (Lipinski definition) is 4. The number of piperidine rings is 2. The fraction of sp³-hybridized carbons (Fsp3) is 0.636. The first-order chi connectivity index (χ1) is 7.75. The van der Waals surface area contributed by atoms with Gasteiger partial charge >= 0.3 is 0 Å². The fourth-order valence-corrected chi connectivity index (χ4v) is 3.30. The Labute approximate surface area is 98.8 Å². The molecule has 1 aromatic heterocycles. The van der Waals surface area contributed by atoms with E-state index in [0.29, 0.717) is 12.1 Å². The molecule has 0 radical (unpaired) electrons. The summed E-state index contributed by atoms with van der Waals surface area (Å²) >= 11 is 1.37. The van der Waals surface area contributed by atoms with Crippen LogP contribution in [0.1, 0.15) is 28.9 Å². The van der Waals surface area contributed by atoms with Gasteiger partial charge in [-0.25, -0.2) is 0 Å². The van der Waals surface area contributed by atoms with Crippen LogP contribution in [0.4, 0.5) is 0 Å². The third-order valence-corrected chi connectivity index (χ3v) is 4.31. The van der Waals surface area contributed by atoms with Gasteiger partial charge in [0.05, 0.1) is 11.3 Å². The van der Waals surface area contributed by atoms with Crippen LogP contribution in [-0.4, -0.2) is 40.4 Å². The van der Waals surface area contributed by atoms with Gasteiger partial charge in [-0.2, -0.15) is 4.37 Å². The number of hydrogen-bond donors (Lipinski definition) is 1. The highest BCUT2D eigenvalue weighted by Crippen LogP contribution is 2.25. The standard InChI is InChI=1S/C11H15N3OS/c1-7-10(6-16-13-7)11(15)14-5-8-2-3-9(14)4-12-8/h6,8-9,12H,2-5H2,1H3. The zero-order valence-electron chi connectivity index (χ0n) is 9.27. The van der Waals surface area contributed by atoms with Crippen molar-refractivity contribution in [2.24, 2.45) is 0 Å². The van der Waals surface area contributed by atoms with Crippen molar-refractivity contribution >= 4 is 17.4 Å². The van der Waals surface area contributed by atoms with Crippen molar-refractivity contribution in [1.82, 2.24) is 14.6 Å². The second-order valence-corrected chi connectivity index (χ2v) is 5.24. The predicted molar refractivity (Wildman–Crippen MR) is 62.7 cm³/mol. The minimum Gasteiger partial charge on any atom is -0.333 e. The summed E-state index contributed by atoms with van der Waals surface area (Å²) < 4.78 is 4.17. The van der Waals surface area contributed by atoms with Gasteiger partial charge in [0.2, 0.25) is 0 Å². The third-order valence-electron chi connectivity index (χ3n) is 3.59. The van der Waals surface area contributed by atoms with Crippen LogP contribution in [0.15, 0.2) is 5.38 Å². The van der Waals surface area contributed by atoms with E-state index in [1.54, 1.807) is 0 Å². The van der Waals surface area contributed by atoms with E-state index < -0.39 is 0 Å². The molecular weight excluding hydrogens is 222 g/mol. The van der Waals surface area contributed by atoms with Gasteiger partial charge in [0.15, 0.2) is 0 Å². The van der Waals surface area contributed by atoms with Crippen molar-refractivity contribution in [1.29, 1.82) is 0 Å². The van der Waals surface area contributed by atoms with E-state index in [1.807, 2.05) is 17.2 Å². The van der Waals surface area contributed by atoms with Crippen LogP contribution < -0.4 is 5.32 Å². The Balaban J connectivity index is 1.83. The van der Waals surface area contributed by atoms with Crippen LogP contribution in [0, 0.1) is 6.92 Å². The van der Waals surface area contributed by atoms with E-state index in [9.17, 15) is 4.79 Å². The predicted octanol–water partition coefficient (Wildman–Crippen LogP) is 1.03. The zero-order valence-corrected chi connectivity index (χ0v) is 10.1. The number of rotatable bonds is 1. The molecule has 86 valence electrons. The molecule has 0 spiro atoms. The summed E-state index contributed by atoms with van der Waals surface area (Å²) in [7, 11) is 0. The van der Waals surface area contributed by atoms with Crippen LogP contribution in [0.5, 0.6) is 0 Å². The molecule has 2 bridgehead atoms. The van der Waals surface area contributed by atoms with Gasteiger partial charge in [0.1, 0.15) is 0 Å². The molecule has 3 saturated heterocycles. The van der Waals surface area contributed by atoms with Gasteiger partial charge in [-0.15, -0.1) is 0 Å². The largest absolute Gasteiger partial charge is 0.333 e. The quantitative estimate of drug-likeness (QED) is 0.793. The number of carbonyl (C=O) groups is 1. The number of amides is 1. The molecule has 4 nitrogen and oxygen atoms in total. The van der Waals surface area contributed by atoms with Crippen LogP contribution in [0.3, 0.4) is 0 Å². The lowest BCUT2D eigenvalue weighted by molar-refractivity contribution is 0.0440. The van der Waals surface area contributed by atoms with Crippen molar-refractivity contribution in [2.75, 3.05) is 13.1 Å². The Hall–Kier alpha value is -0.940. The maximum atomic E-state index is 12.3. The number of aryl methyl sites for hydroxylation is 1. The second kappa shape index (κ2) is 3.82. The highest BCUT2D eigenvalue weighted by atomic mass is 32.1. The summed E-state index contributed by atoms with van der Waals surface area (Å²) in [6.45, 7) is 3.72. The lowest BCUT2D eigenvalue weighted by Gasteiger charge is -2.45. The van der Waals surface area contributed by atoms with Crippen LogP contribution >= 0.6 is 11.5 Å². The highest BCUT2D eigenvalue weighted by Gasteiger charge is 2.36. The van der Waals surface area contributed by atoms with Crippen molar-refractivity contribution in [3.63, 3.8) is 0 Å². The molecule has 2 atom stereocenters. The average molecular weight is 237 g/mol. The molecule has 1 N–H and O–H groups in total. The Morgan fingerprint density at radius 1 is 1.62 bits per heavy atom. The van der Waals surface area contributed by atoms with Gasteiger partial charge < -0.3 is 10.2 Å². The maximum absolute atomic E-state index is 12.3. The Morgan fingerprint density at radius 3 is 3.00 bits per heavy atom. The first kappa shape index (κ1) is 10.2. The average Bonchev–Trinajstić information content (AvgIpc) is 2.76. The van der Waals surface area contributed by atoms with Gasteiger partial charge in [-0.1, -0.05) is 0 Å². The lowest BCUT2D eigenvalue weighted by Crippen LogP contribution is -2.62. The first-order valence-electron chi connectivity index (χ1n) is 5.71. The van der Waals surface area contributed by atoms with Crippen molar-refractivity contribution in [3.8, 4) is 0 Å². The van der Waals surface area contributed by atoms with Gasteiger partial charge in [-0.05, 0) is 31.3 Å². The molecule has 0 aliphatic carbocycles. The molecule has 0 saturated carbocycles. The molecule has 4 heterocycles. The molecule has 0 aromatic carbocycles. The fourth-order valence-electron chi connectivity index (χ4n) is 2.61. The SMILES string of the molecule is Cc1nscc1C(=O)N1CC2CCC1CN2. The summed E-state index contributed by atoms with van der Waals surface area (Å²) in [5.74, 6) is 0.169. The minimum atomic E-state index is 0.169. The molecule has 3 aliphatic heterocycles. The van der Waals surface area contributed by atoms with Crippen molar-refractivity contribution < 1.29 is 4.79 Å². The van der Waals surface area contributed by atoms with E-state index in [-0.39, 0.29) is 5.91 Å². The number of piperazine rings is 1. The second-order valence-electron chi connectivity index (χ2n) is 4.61. The van der Waals surface area contributed by atoms with Crippen LogP contribution in [0.2, 0.25) is 0 Å². The normalized spacial score (nSPS) is 28.4. The molecule has 1 amide bonds. The lowest BCUT2D eigenvalue weighted by atomic mass is 9.92. The van der Waals surface area contributed by atoms with E-state index in [4.69, 9.17) is 0 Å². The molecule has 3 fully saturated rings. The number of carbonyl (C=O) groups excluding carboxylic acids is 1. The molecular formula is C11H15N3OS. The third kappa shape index (κ3) is 1.55. The minimum absolute atomic E-state index is 0.169. The van der Waals surface area contributed by atoms with Crippen LogP contribution in [0.25, 0.3) is 0 Å².